The third-order valence-corrected chi connectivity index (χ3v) is 3.03. The summed E-state index contributed by atoms with van der Waals surface area (Å²) >= 11 is 1.50. The van der Waals surface area contributed by atoms with Crippen LogP contribution in [0.5, 0.6) is 0 Å². The second-order valence-corrected chi connectivity index (χ2v) is 5.66. The number of carbonyl (C=O) groups is 3. The van der Waals surface area contributed by atoms with Gasteiger partial charge in [0.2, 0.25) is 5.91 Å². The van der Waals surface area contributed by atoms with Crippen molar-refractivity contribution in [3.05, 3.63) is 0 Å². The molecule has 0 aromatic heterocycles. The second kappa shape index (κ2) is 9.46. The van der Waals surface area contributed by atoms with Gasteiger partial charge in [0.05, 0.1) is 0 Å². The standard InChI is InChI=1S/C12H23N3O4S/c1-7(2)13-10(16)8(3)14-12(19)15-9(11(17)18)5-6-20-4/h7-9H,5-6H2,1-4H3,(H,13,16)(H,17,18)(H2,14,15,19)/t8?,9-/m0/s1. The van der Waals surface area contributed by atoms with Crippen LogP contribution in [-0.4, -0.2) is 53.1 Å². The van der Waals surface area contributed by atoms with Crippen molar-refractivity contribution >= 4 is 29.7 Å². The number of carboxylic acids is 1. The maximum absolute atomic E-state index is 11.6. The number of aliphatic carboxylic acids is 1. The topological polar surface area (TPSA) is 108 Å². The molecular formula is C12H23N3O4S. The summed E-state index contributed by atoms with van der Waals surface area (Å²) in [6, 6.07) is -2.37. The van der Waals surface area contributed by atoms with Crippen LogP contribution in [0, 0.1) is 0 Å². The largest absolute Gasteiger partial charge is 0.480 e. The molecule has 0 radical (unpaired) electrons. The fourth-order valence-electron chi connectivity index (χ4n) is 1.36. The third kappa shape index (κ3) is 7.88. The molecule has 4 N–H and O–H groups in total. The first-order chi connectivity index (χ1) is 9.27. The van der Waals surface area contributed by atoms with Crippen LogP contribution in [0.4, 0.5) is 4.79 Å². The van der Waals surface area contributed by atoms with Crippen LogP contribution >= 0.6 is 11.8 Å². The van der Waals surface area contributed by atoms with E-state index < -0.39 is 24.1 Å². The molecule has 2 atom stereocenters. The highest BCUT2D eigenvalue weighted by Crippen LogP contribution is 2.01. The fourth-order valence-corrected chi connectivity index (χ4v) is 1.84. The van der Waals surface area contributed by atoms with Gasteiger partial charge in [0.25, 0.3) is 0 Å². The molecule has 0 aliphatic carbocycles. The summed E-state index contributed by atoms with van der Waals surface area (Å²) in [5.41, 5.74) is 0. The molecule has 0 aliphatic rings. The summed E-state index contributed by atoms with van der Waals surface area (Å²) in [6.45, 7) is 5.16. The van der Waals surface area contributed by atoms with E-state index in [4.69, 9.17) is 5.11 Å². The predicted octanol–water partition coefficient (Wildman–Crippen LogP) is 0.405. The Labute approximate surface area is 123 Å². The molecule has 116 valence electrons. The average molecular weight is 305 g/mol. The SMILES string of the molecule is CSCC[C@H](NC(=O)NC(C)C(=O)NC(C)C)C(=O)O. The van der Waals surface area contributed by atoms with E-state index >= 15 is 0 Å². The maximum atomic E-state index is 11.6. The van der Waals surface area contributed by atoms with Crippen molar-refractivity contribution in [2.45, 2.75) is 45.3 Å². The highest BCUT2D eigenvalue weighted by atomic mass is 32.2. The Kier molecular flexibility index (Phi) is 8.78. The second-order valence-electron chi connectivity index (χ2n) is 4.68. The zero-order chi connectivity index (χ0) is 15.7. The number of amides is 3. The normalized spacial score (nSPS) is 13.4. The maximum Gasteiger partial charge on any atom is 0.326 e. The lowest BCUT2D eigenvalue weighted by Crippen LogP contribution is -2.53. The predicted molar refractivity (Wildman–Crippen MR) is 78.8 cm³/mol. The Bertz CT molecular complexity index is 350. The van der Waals surface area contributed by atoms with E-state index in [2.05, 4.69) is 16.0 Å². The van der Waals surface area contributed by atoms with Crippen molar-refractivity contribution in [3.63, 3.8) is 0 Å². The van der Waals surface area contributed by atoms with Crippen molar-refractivity contribution in [2.24, 2.45) is 0 Å². The van der Waals surface area contributed by atoms with Crippen LogP contribution < -0.4 is 16.0 Å². The van der Waals surface area contributed by atoms with E-state index in [9.17, 15) is 14.4 Å². The molecule has 0 aromatic rings. The van der Waals surface area contributed by atoms with Crippen molar-refractivity contribution in [1.29, 1.82) is 0 Å². The molecule has 0 saturated heterocycles. The molecule has 8 heteroatoms. The van der Waals surface area contributed by atoms with Crippen molar-refractivity contribution in [1.82, 2.24) is 16.0 Å². The van der Waals surface area contributed by atoms with E-state index in [-0.39, 0.29) is 11.9 Å². The first-order valence-corrected chi connectivity index (χ1v) is 7.76. The molecule has 7 nitrogen and oxygen atoms in total. The number of carbonyl (C=O) groups excluding carboxylic acids is 2. The van der Waals surface area contributed by atoms with Crippen LogP contribution in [0.2, 0.25) is 0 Å². The molecule has 0 fully saturated rings. The van der Waals surface area contributed by atoms with Gasteiger partial charge in [-0.1, -0.05) is 0 Å². The van der Waals surface area contributed by atoms with Gasteiger partial charge in [-0.05, 0) is 39.2 Å². The summed E-state index contributed by atoms with van der Waals surface area (Å²) in [4.78, 5) is 34.2. The Balaban J connectivity index is 4.30. The molecule has 3 amide bonds. The Hall–Kier alpha value is -1.44. The molecule has 0 aromatic carbocycles. The van der Waals surface area contributed by atoms with E-state index in [1.807, 2.05) is 20.1 Å². The van der Waals surface area contributed by atoms with E-state index in [1.54, 1.807) is 0 Å². The number of rotatable bonds is 8. The fraction of sp³-hybridized carbons (Fsp3) is 0.750. The highest BCUT2D eigenvalue weighted by molar-refractivity contribution is 7.98. The highest BCUT2D eigenvalue weighted by Gasteiger charge is 2.22. The summed E-state index contributed by atoms with van der Waals surface area (Å²) in [5.74, 6) is -0.777. The van der Waals surface area contributed by atoms with Gasteiger partial charge in [-0.2, -0.15) is 11.8 Å². The number of hydrogen-bond acceptors (Lipinski definition) is 4. The smallest absolute Gasteiger partial charge is 0.326 e. The van der Waals surface area contributed by atoms with Gasteiger partial charge in [-0.25, -0.2) is 9.59 Å². The molecule has 20 heavy (non-hydrogen) atoms. The number of urea groups is 1. The minimum Gasteiger partial charge on any atom is -0.480 e. The molecule has 1 unspecified atom stereocenters. The van der Waals surface area contributed by atoms with Crippen molar-refractivity contribution < 1.29 is 19.5 Å². The van der Waals surface area contributed by atoms with Gasteiger partial charge in [0.15, 0.2) is 0 Å². The lowest BCUT2D eigenvalue weighted by Gasteiger charge is -2.19. The third-order valence-electron chi connectivity index (χ3n) is 2.39. The first kappa shape index (κ1) is 18.6. The Morgan fingerprint density at radius 3 is 2.15 bits per heavy atom. The number of thioether (sulfide) groups is 1. The van der Waals surface area contributed by atoms with E-state index in [0.717, 1.165) is 0 Å². The van der Waals surface area contributed by atoms with E-state index in [0.29, 0.717) is 12.2 Å². The summed E-state index contributed by atoms with van der Waals surface area (Å²) in [6.07, 6.45) is 2.19. The quantitative estimate of drug-likeness (QED) is 0.519. The van der Waals surface area contributed by atoms with Gasteiger partial charge in [-0.3, -0.25) is 4.79 Å². The van der Waals surface area contributed by atoms with Gasteiger partial charge < -0.3 is 21.1 Å². The number of hydrogen-bond donors (Lipinski definition) is 4. The Morgan fingerprint density at radius 2 is 1.70 bits per heavy atom. The molecule has 0 spiro atoms. The number of nitrogens with one attached hydrogen (secondary N) is 3. The van der Waals surface area contributed by atoms with Crippen molar-refractivity contribution in [3.8, 4) is 0 Å². The van der Waals surface area contributed by atoms with Crippen molar-refractivity contribution in [2.75, 3.05) is 12.0 Å². The van der Waals surface area contributed by atoms with Crippen LogP contribution in [0.1, 0.15) is 27.2 Å². The lowest BCUT2D eigenvalue weighted by atomic mass is 10.2. The van der Waals surface area contributed by atoms with Gasteiger partial charge in [0.1, 0.15) is 12.1 Å². The monoisotopic (exact) mass is 305 g/mol. The number of carboxylic acid groups (broad SMARTS) is 1. The van der Waals surface area contributed by atoms with Crippen LogP contribution in [-0.2, 0) is 9.59 Å². The molecular weight excluding hydrogens is 282 g/mol. The van der Waals surface area contributed by atoms with Gasteiger partial charge >= 0.3 is 12.0 Å². The first-order valence-electron chi connectivity index (χ1n) is 6.37. The van der Waals surface area contributed by atoms with Gasteiger partial charge in [0, 0.05) is 6.04 Å². The summed E-state index contributed by atoms with van der Waals surface area (Å²) in [7, 11) is 0. The van der Waals surface area contributed by atoms with Crippen LogP contribution in [0.3, 0.4) is 0 Å². The molecule has 0 aliphatic heterocycles. The van der Waals surface area contributed by atoms with Crippen LogP contribution in [0.25, 0.3) is 0 Å². The van der Waals surface area contributed by atoms with Crippen LogP contribution in [0.15, 0.2) is 0 Å². The minimum absolute atomic E-state index is 0.0249. The van der Waals surface area contributed by atoms with Gasteiger partial charge in [-0.15, -0.1) is 0 Å². The zero-order valence-corrected chi connectivity index (χ0v) is 13.0. The lowest BCUT2D eigenvalue weighted by molar-refractivity contribution is -0.139. The molecule has 0 heterocycles. The molecule has 0 rings (SSSR count). The molecule has 0 bridgehead atoms. The summed E-state index contributed by atoms with van der Waals surface area (Å²) in [5, 5.41) is 16.4. The summed E-state index contributed by atoms with van der Waals surface area (Å²) < 4.78 is 0. The minimum atomic E-state index is -1.09. The van der Waals surface area contributed by atoms with E-state index in [1.165, 1.54) is 18.7 Å². The molecule has 0 saturated carbocycles. The average Bonchev–Trinajstić information content (AvgIpc) is 2.32. The Morgan fingerprint density at radius 1 is 1.10 bits per heavy atom. The zero-order valence-electron chi connectivity index (χ0n) is 12.2.